The number of hydrogen-bond acceptors (Lipinski definition) is 22. The first-order valence-corrected chi connectivity index (χ1v) is 19.8. The maximum Gasteiger partial charge on any atom is 1.00 e. The average Bonchev–Trinajstić information content (AvgIpc) is 3.59. The fourth-order valence-electron chi connectivity index (χ4n) is 5.67. The summed E-state index contributed by atoms with van der Waals surface area (Å²) in [7, 11) is 2.66. The Kier molecular flexibility index (Phi) is 26.2. The molecule has 4 N–H and O–H groups in total. The molecule has 284 valence electrons. The van der Waals surface area contributed by atoms with Crippen LogP contribution < -0.4 is 150 Å². The second kappa shape index (κ2) is 25.2. The van der Waals surface area contributed by atoms with Crippen molar-refractivity contribution in [1.29, 1.82) is 0 Å². The van der Waals surface area contributed by atoms with Crippen molar-refractivity contribution in [1.82, 2.24) is 9.80 Å². The van der Waals surface area contributed by atoms with Crippen molar-refractivity contribution in [2.45, 2.75) is 85.0 Å². The molecule has 0 radical (unpaired) electrons. The number of nitrogens with zero attached hydrogens (tertiary/aromatic N) is 2. The van der Waals surface area contributed by atoms with Gasteiger partial charge in [0.1, 0.15) is 22.1 Å². The number of aliphatic carboxylic acids is 4. The van der Waals surface area contributed by atoms with Gasteiger partial charge in [0.15, 0.2) is 22.6 Å². The topological polar surface area (TPSA) is 356 Å². The van der Waals surface area contributed by atoms with E-state index in [1.165, 1.54) is 0 Å². The summed E-state index contributed by atoms with van der Waals surface area (Å²) in [5, 5.41) is 42.0. The molecule has 4 fully saturated rings. The van der Waals surface area contributed by atoms with E-state index < -0.39 is 117 Å². The summed E-state index contributed by atoms with van der Waals surface area (Å²) in [5.74, 6) is -14.3. The van der Waals surface area contributed by atoms with Crippen LogP contribution in [0.4, 0.5) is 0 Å². The van der Waals surface area contributed by atoms with Gasteiger partial charge in [0.2, 0.25) is 23.6 Å². The van der Waals surface area contributed by atoms with Crippen molar-refractivity contribution in [2.75, 3.05) is 11.5 Å². The Morgan fingerprint density at radius 2 is 0.804 bits per heavy atom. The molecule has 6 atom stereocenters. The number of carboxylic acid groups (broad SMARTS) is 4. The minimum atomic E-state index is -2.73. The van der Waals surface area contributed by atoms with E-state index in [1.54, 1.807) is 0 Å². The molecule has 4 amide bonds. The Morgan fingerprint density at radius 1 is 0.536 bits per heavy atom. The number of carbonyl (C=O) groups is 12. The second-order valence-electron chi connectivity index (χ2n) is 11.5. The van der Waals surface area contributed by atoms with Gasteiger partial charge in [0.05, 0.1) is 36.0 Å². The van der Waals surface area contributed by atoms with E-state index in [0.717, 1.165) is 21.6 Å². The van der Waals surface area contributed by atoms with E-state index >= 15 is 0 Å². The van der Waals surface area contributed by atoms with E-state index in [-0.39, 0.29) is 168 Å². The summed E-state index contributed by atoms with van der Waals surface area (Å²) in [6.07, 6.45) is -2.46. The van der Waals surface area contributed by atoms with Gasteiger partial charge in [0.25, 0.3) is 0 Å². The monoisotopic (exact) mass is 896 g/mol. The van der Waals surface area contributed by atoms with Gasteiger partial charge in [-0.25, -0.2) is 0 Å². The maximum atomic E-state index is 12.5. The summed E-state index contributed by atoms with van der Waals surface area (Å²) in [5.41, 5.74) is 5.12. The van der Waals surface area contributed by atoms with Crippen LogP contribution in [0.2, 0.25) is 0 Å². The van der Waals surface area contributed by atoms with E-state index in [4.69, 9.17) is 11.5 Å². The van der Waals surface area contributed by atoms with Crippen molar-refractivity contribution in [3.05, 3.63) is 0 Å². The molecule has 4 aliphatic rings. The maximum absolute atomic E-state index is 12.5. The molecular weight excluding hydrogens is 869 g/mol. The number of hydrogen-bond donors (Lipinski definition) is 2. The molecule has 0 bridgehead atoms. The Bertz CT molecular complexity index is 1500. The molecule has 0 aromatic carbocycles. The van der Waals surface area contributed by atoms with Crippen LogP contribution in [0.1, 0.15) is 51.4 Å². The largest absolute Gasteiger partial charge is 1.00 e. The molecule has 2 aliphatic carbocycles. The number of Topliss-reactive ketones (excluding diaryl/α,β-unsaturated/α-hetero) is 4. The van der Waals surface area contributed by atoms with Crippen molar-refractivity contribution in [3.8, 4) is 0 Å². The van der Waals surface area contributed by atoms with Crippen LogP contribution in [0.15, 0.2) is 0 Å². The summed E-state index contributed by atoms with van der Waals surface area (Å²) >= 11 is 0. The number of amides is 4. The Hall–Kier alpha value is 0.160. The van der Waals surface area contributed by atoms with Crippen molar-refractivity contribution in [2.24, 2.45) is 11.5 Å². The molecule has 2 heterocycles. The zero-order valence-electron chi connectivity index (χ0n) is 30.6. The van der Waals surface area contributed by atoms with E-state index in [0.29, 0.717) is 31.4 Å². The number of nitrogens with two attached hydrogens (primary N) is 2. The Morgan fingerprint density at radius 3 is 1.04 bits per heavy atom. The Balaban J connectivity index is 0. The fraction of sp³-hybridized carbons (Fsp3) is 0.571. The molecule has 0 aromatic heterocycles. The molecule has 28 heteroatoms. The van der Waals surface area contributed by atoms with Crippen LogP contribution in [0.5, 0.6) is 0 Å². The first kappa shape index (κ1) is 58.3. The van der Waals surface area contributed by atoms with Crippen molar-refractivity contribution >= 4 is 114 Å². The molecule has 4 unspecified atom stereocenters. The molecular formula is C28H28N4Na4O16S4. The van der Waals surface area contributed by atoms with E-state index in [1.807, 2.05) is 0 Å². The van der Waals surface area contributed by atoms with Crippen LogP contribution in [-0.4, -0.2) is 126 Å². The molecule has 56 heavy (non-hydrogen) atoms. The molecule has 20 nitrogen and oxygen atoms in total. The van der Waals surface area contributed by atoms with Gasteiger partial charge < -0.3 is 51.1 Å². The van der Waals surface area contributed by atoms with Gasteiger partial charge in [-0.1, -0.05) is 43.2 Å². The van der Waals surface area contributed by atoms with Gasteiger partial charge in [0, 0.05) is 62.9 Å². The number of imide groups is 2. The van der Waals surface area contributed by atoms with Gasteiger partial charge in [-0.15, -0.1) is 0 Å². The van der Waals surface area contributed by atoms with E-state index in [2.05, 4.69) is 0 Å². The first-order valence-electron chi connectivity index (χ1n) is 15.0. The molecule has 0 spiro atoms. The smallest absolute Gasteiger partial charge is 0.548 e. The third-order valence-corrected chi connectivity index (χ3v) is 13.9. The summed E-state index contributed by atoms with van der Waals surface area (Å²) in [6, 6.07) is -2.76. The predicted octanol–water partition coefficient (Wildman–Crippen LogP) is -19.2. The summed E-state index contributed by atoms with van der Waals surface area (Å²) in [4.78, 5) is 144. The normalized spacial score (nSPS) is 25.8. The number of rotatable bonds is 14. The number of ketones is 4. The van der Waals surface area contributed by atoms with Crippen LogP contribution in [-0.2, 0) is 57.5 Å². The second-order valence-corrected chi connectivity index (χ2v) is 16.5. The molecule has 2 saturated carbocycles. The van der Waals surface area contributed by atoms with Gasteiger partial charge in [-0.2, -0.15) is 0 Å². The number of carbonyl (C=O) groups excluding carboxylic acids is 12. The third-order valence-electron chi connectivity index (χ3n) is 8.25. The van der Waals surface area contributed by atoms with Crippen molar-refractivity contribution in [3.63, 3.8) is 0 Å². The first-order chi connectivity index (χ1) is 24.3. The van der Waals surface area contributed by atoms with Gasteiger partial charge >= 0.3 is 118 Å². The quantitative estimate of drug-likeness (QED) is 0.0707. The van der Waals surface area contributed by atoms with Crippen LogP contribution in [0.25, 0.3) is 0 Å². The zero-order chi connectivity index (χ0) is 39.3. The van der Waals surface area contributed by atoms with Crippen LogP contribution in [0.3, 0.4) is 0 Å². The minimum Gasteiger partial charge on any atom is -0.548 e. The van der Waals surface area contributed by atoms with Gasteiger partial charge in [-0.3, -0.25) is 48.2 Å². The summed E-state index contributed by atoms with van der Waals surface area (Å²) < 4.78 is 0. The number of likely N-dealkylation sites (tertiary alicyclic amines) is 2. The molecule has 2 saturated heterocycles. The minimum absolute atomic E-state index is 0. The van der Waals surface area contributed by atoms with Gasteiger partial charge in [-0.05, 0) is 0 Å². The average molecular weight is 897 g/mol. The molecule has 2 aliphatic heterocycles. The SMILES string of the molecule is NC(CSSC1C(=O)CCC(=O)[C@]1(C(=O)[O-])N1C(=O)CCC1=O)C(=O)[O-].NC(CSSC1C(=O)CCC(=O)[C@]1(C(=O)[O-])N1C(=O)CCC1=O)C(=O)[O-].[Na+].[Na+].[Na+].[Na+]. The predicted molar refractivity (Wildman–Crippen MR) is 170 cm³/mol. The summed E-state index contributed by atoms with van der Waals surface area (Å²) in [6.45, 7) is 0. The van der Waals surface area contributed by atoms with Crippen LogP contribution >= 0.6 is 43.2 Å². The van der Waals surface area contributed by atoms with Crippen molar-refractivity contribution < 1.29 is 196 Å². The fourth-order valence-corrected chi connectivity index (χ4v) is 11.7. The van der Waals surface area contributed by atoms with Crippen LogP contribution in [0, 0.1) is 0 Å². The third kappa shape index (κ3) is 12.2. The van der Waals surface area contributed by atoms with E-state index in [9.17, 15) is 78.0 Å². The molecule has 4 rings (SSSR count). The zero-order valence-corrected chi connectivity index (χ0v) is 41.9. The molecule has 0 aromatic rings. The Labute approximate surface area is 422 Å². The number of carboxylic acids is 4. The standard InChI is InChI=1S/2C14H16N2O8S2.4Na/c2*15-6(12(21)22)5-25-26-11-7(17)1-2-8(18)14(11,13(23)24)16-9(19)3-4-10(16)20;;;;/h2*6,11H,1-5,15H2,(H,21,22)(H,23,24);;;;/q;;4*+1/p-4/t2*6?,11?,14-;;;;/m00..../s1.